The lowest BCUT2D eigenvalue weighted by Gasteiger charge is -2.39. The van der Waals surface area contributed by atoms with Crippen molar-refractivity contribution < 1.29 is 33.8 Å². The van der Waals surface area contributed by atoms with Gasteiger partial charge in [-0.15, -0.1) is 5.10 Å². The van der Waals surface area contributed by atoms with Gasteiger partial charge in [0, 0.05) is 13.0 Å². The summed E-state index contributed by atoms with van der Waals surface area (Å²) < 4.78 is 12.1. The Hall–Kier alpha value is -3.22. The fourth-order valence-corrected chi connectivity index (χ4v) is 7.33. The lowest BCUT2D eigenvalue weighted by molar-refractivity contribution is -0.145. The van der Waals surface area contributed by atoms with Gasteiger partial charge in [0.25, 0.3) is 0 Å². The van der Waals surface area contributed by atoms with E-state index in [4.69, 9.17) is 9.47 Å². The van der Waals surface area contributed by atoms with Crippen molar-refractivity contribution in [2.45, 2.75) is 153 Å². The molecule has 46 heavy (non-hydrogen) atoms. The summed E-state index contributed by atoms with van der Waals surface area (Å²) in [5, 5.41) is 25.1. The summed E-state index contributed by atoms with van der Waals surface area (Å²) in [4.78, 5) is 55.8. The van der Waals surface area contributed by atoms with E-state index in [0.717, 1.165) is 51.4 Å². The number of rotatable bonds is 10. The number of likely N-dealkylation sites (tertiary alicyclic amines) is 1. The second-order valence-electron chi connectivity index (χ2n) is 15.0. The Morgan fingerprint density at radius 2 is 1.70 bits per heavy atom. The van der Waals surface area contributed by atoms with Crippen LogP contribution in [-0.2, 0) is 29.5 Å². The molecule has 1 aromatic rings. The summed E-state index contributed by atoms with van der Waals surface area (Å²) in [5.41, 5.74) is -2.31. The quantitative estimate of drug-likeness (QED) is 0.320. The minimum Gasteiger partial charge on any atom is -0.469 e. The van der Waals surface area contributed by atoms with Crippen LogP contribution in [0.4, 0.5) is 4.79 Å². The predicted molar refractivity (Wildman–Crippen MR) is 169 cm³/mol. The zero-order valence-corrected chi connectivity index (χ0v) is 28.5. The van der Waals surface area contributed by atoms with E-state index in [9.17, 15) is 24.3 Å². The van der Waals surface area contributed by atoms with Crippen LogP contribution in [0.25, 0.3) is 0 Å². The minimum absolute atomic E-state index is 0.0514. The molecule has 2 heterocycles. The van der Waals surface area contributed by atoms with Gasteiger partial charge in [-0.2, -0.15) is 0 Å². The lowest BCUT2D eigenvalue weighted by atomic mass is 9.79. The fourth-order valence-electron chi connectivity index (χ4n) is 7.33. The zero-order valence-electron chi connectivity index (χ0n) is 28.5. The molecule has 13 heteroatoms. The van der Waals surface area contributed by atoms with Crippen molar-refractivity contribution in [2.24, 2.45) is 5.92 Å². The average molecular weight is 647 g/mol. The number of carbonyl (C=O) groups is 4. The molecule has 0 spiro atoms. The molecule has 0 bridgehead atoms. The van der Waals surface area contributed by atoms with Crippen molar-refractivity contribution in [3.63, 3.8) is 0 Å². The predicted octanol–water partition coefficient (Wildman–Crippen LogP) is 3.89. The highest BCUT2D eigenvalue weighted by molar-refractivity contribution is 5.92. The summed E-state index contributed by atoms with van der Waals surface area (Å²) >= 11 is 0. The monoisotopic (exact) mass is 646 g/mol. The third-order valence-corrected chi connectivity index (χ3v) is 9.60. The van der Waals surface area contributed by atoms with E-state index in [1.807, 2.05) is 0 Å². The first-order valence-electron chi connectivity index (χ1n) is 16.9. The summed E-state index contributed by atoms with van der Waals surface area (Å²) in [6, 6.07) is -2.25. The Balaban J connectivity index is 1.66. The molecule has 258 valence electrons. The number of amides is 3. The Kier molecular flexibility index (Phi) is 11.4. The van der Waals surface area contributed by atoms with E-state index >= 15 is 0 Å². The molecule has 1 aromatic heterocycles. The number of nitrogens with zero attached hydrogens (tertiary/aromatic N) is 4. The highest BCUT2D eigenvalue weighted by atomic mass is 16.6. The van der Waals surface area contributed by atoms with Gasteiger partial charge in [0.2, 0.25) is 11.8 Å². The van der Waals surface area contributed by atoms with Crippen LogP contribution in [0.5, 0.6) is 0 Å². The molecule has 3 N–H and O–H groups in total. The van der Waals surface area contributed by atoms with Crippen molar-refractivity contribution in [3.8, 4) is 0 Å². The maximum absolute atomic E-state index is 14.5. The molecular weight excluding hydrogens is 592 g/mol. The van der Waals surface area contributed by atoms with Gasteiger partial charge < -0.3 is 30.1 Å². The number of aliphatic hydroxyl groups is 1. The van der Waals surface area contributed by atoms with Gasteiger partial charge in [0.15, 0.2) is 0 Å². The largest absolute Gasteiger partial charge is 0.469 e. The molecule has 2 saturated carbocycles. The Morgan fingerprint density at radius 1 is 1.04 bits per heavy atom. The topological polar surface area (TPSA) is 165 Å². The van der Waals surface area contributed by atoms with E-state index in [0.29, 0.717) is 25.0 Å². The Bertz CT molecular complexity index is 1220. The number of carbonyl (C=O) groups excluding carboxylic acids is 4. The summed E-state index contributed by atoms with van der Waals surface area (Å²) in [7, 11) is 1.34. The molecule has 3 aliphatic rings. The molecule has 2 aliphatic carbocycles. The fraction of sp³-hybridized carbons (Fsp3) is 0.818. The van der Waals surface area contributed by atoms with Crippen LogP contribution < -0.4 is 10.6 Å². The molecule has 13 nitrogen and oxygen atoms in total. The molecule has 3 atom stereocenters. The lowest BCUT2D eigenvalue weighted by Crippen LogP contribution is -2.58. The van der Waals surface area contributed by atoms with Crippen LogP contribution in [0.2, 0.25) is 0 Å². The van der Waals surface area contributed by atoms with E-state index in [-0.39, 0.29) is 37.1 Å². The van der Waals surface area contributed by atoms with Gasteiger partial charge in [0.1, 0.15) is 23.3 Å². The number of hydrogen-bond donors (Lipinski definition) is 3. The molecule has 0 radical (unpaired) electrons. The number of esters is 1. The molecule has 0 aromatic carbocycles. The maximum Gasteiger partial charge on any atom is 0.408 e. The van der Waals surface area contributed by atoms with Gasteiger partial charge in [0.05, 0.1) is 37.0 Å². The molecule has 0 unspecified atom stereocenters. The number of nitrogens with one attached hydrogen (secondary N) is 2. The molecule has 4 rings (SSSR count). The van der Waals surface area contributed by atoms with E-state index in [2.05, 4.69) is 20.9 Å². The highest BCUT2D eigenvalue weighted by Crippen LogP contribution is 2.36. The Labute approximate surface area is 272 Å². The van der Waals surface area contributed by atoms with Crippen LogP contribution in [0, 0.1) is 5.92 Å². The molecule has 1 saturated heterocycles. The van der Waals surface area contributed by atoms with Crippen LogP contribution in [0.1, 0.15) is 130 Å². The van der Waals surface area contributed by atoms with Crippen molar-refractivity contribution in [3.05, 3.63) is 11.9 Å². The summed E-state index contributed by atoms with van der Waals surface area (Å²) in [5.74, 6) is -0.869. The van der Waals surface area contributed by atoms with E-state index < -0.39 is 46.9 Å². The SMILES string of the molecule is COC(=O)CC1(NC(=O)[C@@H]2C[C@H](n3nncc3C(C)(C)O)CN2C(=O)[C@@H](CC2CCCCC2)NC(=O)OC(C)(C)C)CCCCC1. The third kappa shape index (κ3) is 9.19. The van der Waals surface area contributed by atoms with Crippen molar-refractivity contribution in [1.29, 1.82) is 0 Å². The zero-order chi connectivity index (χ0) is 33.7. The van der Waals surface area contributed by atoms with Crippen LogP contribution in [0.3, 0.4) is 0 Å². The summed E-state index contributed by atoms with van der Waals surface area (Å²) in [6.07, 6.45) is 10.8. The first kappa shape index (κ1) is 35.6. The van der Waals surface area contributed by atoms with Crippen LogP contribution >= 0.6 is 0 Å². The molecule has 3 fully saturated rings. The van der Waals surface area contributed by atoms with E-state index in [1.54, 1.807) is 39.3 Å². The van der Waals surface area contributed by atoms with Gasteiger partial charge >= 0.3 is 12.1 Å². The minimum atomic E-state index is -1.26. The van der Waals surface area contributed by atoms with Crippen molar-refractivity contribution in [1.82, 2.24) is 30.5 Å². The molecule has 1 aliphatic heterocycles. The first-order valence-corrected chi connectivity index (χ1v) is 16.9. The second kappa shape index (κ2) is 14.7. The number of methoxy groups -OCH3 is 1. The Morgan fingerprint density at radius 3 is 2.30 bits per heavy atom. The molecule has 3 amide bonds. The van der Waals surface area contributed by atoms with Crippen LogP contribution in [-0.4, -0.2) is 85.8 Å². The van der Waals surface area contributed by atoms with Crippen molar-refractivity contribution >= 4 is 23.9 Å². The standard InChI is InChI=1S/C33H54N6O7/c1-31(2,3)46-30(43)35-24(17-22-13-9-7-10-14-22)29(42)38-21-23(39-26(20-34-37-39)32(4,5)44)18-25(38)28(41)36-33(19-27(40)45-6)15-11-8-12-16-33/h20,22-25,44H,7-19,21H2,1-6H3,(H,35,43)(H,36,41)/t23-,24+,25-/m0/s1. The van der Waals surface area contributed by atoms with E-state index in [1.165, 1.54) is 18.2 Å². The number of ether oxygens (including phenoxy) is 2. The maximum atomic E-state index is 14.5. The van der Waals surface area contributed by atoms with Gasteiger partial charge in [-0.05, 0) is 59.8 Å². The van der Waals surface area contributed by atoms with Gasteiger partial charge in [-0.1, -0.05) is 56.6 Å². The number of aromatic nitrogens is 3. The normalized spacial score (nSPS) is 23.0. The van der Waals surface area contributed by atoms with Gasteiger partial charge in [-0.25, -0.2) is 9.48 Å². The van der Waals surface area contributed by atoms with Gasteiger partial charge in [-0.3, -0.25) is 14.4 Å². The summed E-state index contributed by atoms with van der Waals surface area (Å²) in [6.45, 7) is 8.70. The smallest absolute Gasteiger partial charge is 0.408 e. The first-order chi connectivity index (χ1) is 21.6. The number of hydrogen-bond acceptors (Lipinski definition) is 9. The number of alkyl carbamates (subject to hydrolysis) is 1. The van der Waals surface area contributed by atoms with Crippen LogP contribution in [0.15, 0.2) is 6.20 Å². The third-order valence-electron chi connectivity index (χ3n) is 9.60. The van der Waals surface area contributed by atoms with Crippen molar-refractivity contribution in [2.75, 3.05) is 13.7 Å². The molecular formula is C33H54N6O7. The second-order valence-corrected chi connectivity index (χ2v) is 15.0. The average Bonchev–Trinajstić information content (AvgIpc) is 3.64. The highest BCUT2D eigenvalue weighted by Gasteiger charge is 2.47.